The Labute approximate surface area is 221 Å². The fourth-order valence-corrected chi connectivity index (χ4v) is 6.21. The maximum atomic E-state index is 13.3. The van der Waals surface area contributed by atoms with Crippen molar-refractivity contribution in [2.24, 2.45) is 17.8 Å². The molecule has 0 N–H and O–H groups in total. The highest BCUT2D eigenvalue weighted by Gasteiger charge is 2.56. The number of likely N-dealkylation sites (tertiary alicyclic amines) is 1. The molecule has 1 aliphatic heterocycles. The van der Waals surface area contributed by atoms with Gasteiger partial charge in [0.15, 0.2) is 0 Å². The van der Waals surface area contributed by atoms with Gasteiger partial charge in [-0.05, 0) is 47.1 Å². The van der Waals surface area contributed by atoms with E-state index in [1.54, 1.807) is 21.9 Å². The van der Waals surface area contributed by atoms with Gasteiger partial charge in [-0.15, -0.1) is 24.5 Å². The number of aromatic nitrogens is 2. The molecular formula is C28H25F3N4O2S. The highest BCUT2D eigenvalue weighted by atomic mass is 32.1. The molecular weight excluding hydrogens is 513 g/mol. The molecule has 3 heterocycles. The zero-order valence-electron chi connectivity index (χ0n) is 20.3. The van der Waals surface area contributed by atoms with Gasteiger partial charge >= 0.3 is 6.36 Å². The van der Waals surface area contributed by atoms with Crippen molar-refractivity contribution in [3.05, 3.63) is 88.5 Å². The molecule has 0 radical (unpaired) electrons. The quantitative estimate of drug-likeness (QED) is 0.292. The van der Waals surface area contributed by atoms with Gasteiger partial charge in [-0.3, -0.25) is 14.7 Å². The summed E-state index contributed by atoms with van der Waals surface area (Å²) in [5, 5.41) is 2.83. The molecule has 2 atom stereocenters. The second kappa shape index (κ2) is 9.99. The van der Waals surface area contributed by atoms with Gasteiger partial charge in [0.2, 0.25) is 0 Å². The molecule has 6 nitrogen and oxygen atoms in total. The Morgan fingerprint density at radius 3 is 2.63 bits per heavy atom. The van der Waals surface area contributed by atoms with E-state index < -0.39 is 6.36 Å². The maximum absolute atomic E-state index is 13.3. The van der Waals surface area contributed by atoms with Gasteiger partial charge in [-0.2, -0.15) is 0 Å². The molecule has 6 rings (SSSR count). The maximum Gasteiger partial charge on any atom is 0.573 e. The van der Waals surface area contributed by atoms with Gasteiger partial charge in [-0.25, -0.2) is 4.98 Å². The van der Waals surface area contributed by atoms with Crippen molar-refractivity contribution in [2.45, 2.75) is 19.5 Å². The van der Waals surface area contributed by atoms with Crippen LogP contribution in [0.4, 0.5) is 13.2 Å². The summed E-state index contributed by atoms with van der Waals surface area (Å²) in [4.78, 5) is 26.2. The summed E-state index contributed by atoms with van der Waals surface area (Å²) in [5.74, 6) is 0.830. The van der Waals surface area contributed by atoms with Crippen LogP contribution in [0.25, 0.3) is 10.9 Å². The number of pyridine rings is 1. The van der Waals surface area contributed by atoms with Gasteiger partial charge in [0.1, 0.15) is 11.4 Å². The number of nitrogens with zero attached hydrogens (tertiary/aromatic N) is 4. The number of benzene rings is 2. The molecule has 196 valence electrons. The monoisotopic (exact) mass is 538 g/mol. The number of carbonyl (C=O) groups is 1. The molecule has 2 aromatic heterocycles. The van der Waals surface area contributed by atoms with Crippen LogP contribution < -0.4 is 4.74 Å². The van der Waals surface area contributed by atoms with E-state index in [2.05, 4.69) is 43.9 Å². The van der Waals surface area contributed by atoms with Crippen LogP contribution in [0.1, 0.15) is 21.6 Å². The smallest absolute Gasteiger partial charge is 0.406 e. The number of fused-ring (bicyclic) bond motifs is 2. The van der Waals surface area contributed by atoms with Gasteiger partial charge in [0, 0.05) is 49.7 Å². The van der Waals surface area contributed by atoms with Crippen molar-refractivity contribution >= 4 is 28.1 Å². The first kappa shape index (κ1) is 24.8. The second-order valence-electron chi connectivity index (χ2n) is 9.93. The van der Waals surface area contributed by atoms with Crippen molar-refractivity contribution < 1.29 is 22.7 Å². The Bertz CT molecular complexity index is 1430. The molecule has 0 bridgehead atoms. The van der Waals surface area contributed by atoms with Crippen LogP contribution in [-0.4, -0.2) is 51.7 Å². The number of hydrogen-bond donors (Lipinski definition) is 0. The Balaban J connectivity index is 1.12. The number of hydrogen-bond acceptors (Lipinski definition) is 6. The zero-order chi connectivity index (χ0) is 26.3. The summed E-state index contributed by atoms with van der Waals surface area (Å²) >= 11 is 1.34. The molecule has 10 heteroatoms. The van der Waals surface area contributed by atoms with E-state index >= 15 is 0 Å². The predicted octanol–water partition coefficient (Wildman–Crippen LogP) is 5.61. The number of para-hydroxylation sites is 1. The van der Waals surface area contributed by atoms with E-state index in [1.165, 1.54) is 35.1 Å². The molecule has 38 heavy (non-hydrogen) atoms. The molecule has 1 saturated carbocycles. The summed E-state index contributed by atoms with van der Waals surface area (Å²) in [6, 6.07) is 16.1. The van der Waals surface area contributed by atoms with Crippen molar-refractivity contribution in [2.75, 3.05) is 19.6 Å². The summed E-state index contributed by atoms with van der Waals surface area (Å²) in [6.45, 7) is 3.46. The molecule has 1 amide bonds. The van der Waals surface area contributed by atoms with Crippen LogP contribution in [0, 0.1) is 17.8 Å². The Morgan fingerprint density at radius 1 is 1.08 bits per heavy atom. The molecule has 0 spiro atoms. The summed E-state index contributed by atoms with van der Waals surface area (Å²) < 4.78 is 42.2. The Hall–Kier alpha value is -3.50. The molecule has 4 aromatic rings. The normalized spacial score (nSPS) is 20.9. The lowest BCUT2D eigenvalue weighted by Crippen LogP contribution is -2.35. The fraction of sp³-hybridized carbons (Fsp3) is 0.321. The SMILES string of the molecule is O=C(c1cscn1)N(Cc1cccc(OC(F)(F)F)c1)CC1C2CN(Cc3cccc4cccnc34)CC21. The lowest BCUT2D eigenvalue weighted by Gasteiger charge is -2.25. The number of halogens is 3. The van der Waals surface area contributed by atoms with Crippen LogP contribution in [0.15, 0.2) is 71.7 Å². The molecule has 2 aliphatic rings. The standard InChI is InChI=1S/C28H25F3N4O2S/c29-28(30,31)37-21-8-1-4-18(10-21)11-35(27(36)25-16-38-17-33-25)15-24-22-13-34(14-23(22)24)12-20-6-2-5-19-7-3-9-32-26(19)20/h1-10,16-17,22-24H,11-15H2. The number of rotatable bonds is 8. The fourth-order valence-electron chi connectivity index (χ4n) is 5.69. The van der Waals surface area contributed by atoms with E-state index in [4.69, 9.17) is 0 Å². The van der Waals surface area contributed by atoms with Crippen LogP contribution >= 0.6 is 11.3 Å². The number of carbonyl (C=O) groups excluding carboxylic acids is 1. The summed E-state index contributed by atoms with van der Waals surface area (Å²) in [6.07, 6.45) is -2.95. The Morgan fingerprint density at radius 2 is 1.87 bits per heavy atom. The van der Waals surface area contributed by atoms with Gasteiger partial charge in [-0.1, -0.05) is 36.4 Å². The number of thiazole rings is 1. The first-order chi connectivity index (χ1) is 18.3. The molecule has 2 fully saturated rings. The lowest BCUT2D eigenvalue weighted by molar-refractivity contribution is -0.274. The van der Waals surface area contributed by atoms with Crippen LogP contribution in [0.2, 0.25) is 0 Å². The second-order valence-corrected chi connectivity index (χ2v) is 10.7. The minimum atomic E-state index is -4.77. The van der Waals surface area contributed by atoms with E-state index in [0.29, 0.717) is 35.6 Å². The highest BCUT2D eigenvalue weighted by Crippen LogP contribution is 2.52. The third-order valence-corrected chi connectivity index (χ3v) is 8.02. The predicted molar refractivity (Wildman–Crippen MR) is 137 cm³/mol. The van der Waals surface area contributed by atoms with E-state index in [0.717, 1.165) is 30.5 Å². The lowest BCUT2D eigenvalue weighted by atomic mass is 10.1. The average molecular weight is 539 g/mol. The van der Waals surface area contributed by atoms with Crippen LogP contribution in [0.5, 0.6) is 5.75 Å². The summed E-state index contributed by atoms with van der Waals surface area (Å²) in [5.41, 5.74) is 4.78. The number of alkyl halides is 3. The van der Waals surface area contributed by atoms with Crippen molar-refractivity contribution in [3.63, 3.8) is 0 Å². The van der Waals surface area contributed by atoms with Crippen molar-refractivity contribution in [1.29, 1.82) is 0 Å². The van der Waals surface area contributed by atoms with Crippen molar-refractivity contribution in [1.82, 2.24) is 19.8 Å². The van der Waals surface area contributed by atoms with Crippen LogP contribution in [0.3, 0.4) is 0 Å². The van der Waals surface area contributed by atoms with Crippen LogP contribution in [-0.2, 0) is 13.1 Å². The first-order valence-corrected chi connectivity index (χ1v) is 13.4. The molecule has 2 unspecified atom stereocenters. The van der Waals surface area contributed by atoms with E-state index in [1.807, 2.05) is 12.3 Å². The topological polar surface area (TPSA) is 58.6 Å². The van der Waals surface area contributed by atoms with Gasteiger partial charge in [0.25, 0.3) is 5.91 Å². The number of ether oxygens (including phenoxy) is 1. The van der Waals surface area contributed by atoms with Gasteiger partial charge in [0.05, 0.1) is 11.0 Å². The molecule has 2 aromatic carbocycles. The zero-order valence-corrected chi connectivity index (χ0v) is 21.2. The average Bonchev–Trinajstić information content (AvgIpc) is 3.27. The highest BCUT2D eigenvalue weighted by molar-refractivity contribution is 7.07. The van der Waals surface area contributed by atoms with Crippen molar-refractivity contribution in [3.8, 4) is 5.75 Å². The third-order valence-electron chi connectivity index (χ3n) is 7.43. The van der Waals surface area contributed by atoms with E-state index in [9.17, 15) is 18.0 Å². The van der Waals surface area contributed by atoms with E-state index in [-0.39, 0.29) is 18.2 Å². The minimum Gasteiger partial charge on any atom is -0.406 e. The van der Waals surface area contributed by atoms with Gasteiger partial charge < -0.3 is 9.64 Å². The number of amides is 1. The molecule has 1 aliphatic carbocycles. The first-order valence-electron chi connectivity index (χ1n) is 12.4. The molecule has 1 saturated heterocycles. The summed E-state index contributed by atoms with van der Waals surface area (Å²) in [7, 11) is 0. The third kappa shape index (κ3) is 5.37. The minimum absolute atomic E-state index is 0.187. The Kier molecular flexibility index (Phi) is 6.53. The number of piperidine rings is 1. The largest absolute Gasteiger partial charge is 0.573 e.